The third kappa shape index (κ3) is 2.92. The van der Waals surface area contributed by atoms with E-state index in [1.807, 2.05) is 0 Å². The van der Waals surface area contributed by atoms with Crippen molar-refractivity contribution in [3.8, 4) is 0 Å². The first-order chi connectivity index (χ1) is 9.66. The Hall–Kier alpha value is -0.760. The van der Waals surface area contributed by atoms with Crippen LogP contribution in [0.2, 0.25) is 0 Å². The molecule has 1 unspecified atom stereocenters. The van der Waals surface area contributed by atoms with Crippen LogP contribution >= 0.6 is 11.8 Å². The van der Waals surface area contributed by atoms with Gasteiger partial charge in [0.1, 0.15) is 4.75 Å². The molecule has 0 aromatic heterocycles. The molecule has 0 aromatic rings. The van der Waals surface area contributed by atoms with E-state index in [4.69, 9.17) is 0 Å². The van der Waals surface area contributed by atoms with Crippen molar-refractivity contribution in [2.75, 3.05) is 0 Å². The Balaban J connectivity index is 1.62. The van der Waals surface area contributed by atoms with Crippen molar-refractivity contribution >= 4 is 22.8 Å². The second-order valence-corrected chi connectivity index (χ2v) is 7.88. The molecule has 0 radical (unpaired) electrons. The molecule has 0 spiro atoms. The van der Waals surface area contributed by atoms with Crippen LogP contribution in [0.3, 0.4) is 0 Å². The summed E-state index contributed by atoms with van der Waals surface area (Å²) in [4.78, 5) is 15.5. The Morgan fingerprint density at radius 2 is 2.10 bits per heavy atom. The van der Waals surface area contributed by atoms with Crippen LogP contribution in [0.1, 0.15) is 32.6 Å². The normalized spacial score (nSPS) is 42.5. The van der Waals surface area contributed by atoms with Crippen LogP contribution in [-0.4, -0.2) is 39.3 Å². The van der Waals surface area contributed by atoms with Crippen molar-refractivity contribution in [2.45, 2.75) is 55.7 Å². The summed E-state index contributed by atoms with van der Waals surface area (Å²) < 4.78 is 36.1. The van der Waals surface area contributed by atoms with Gasteiger partial charge in [0.2, 0.25) is 0 Å². The van der Waals surface area contributed by atoms with Crippen LogP contribution in [0, 0.1) is 11.8 Å². The van der Waals surface area contributed by atoms with Crippen molar-refractivity contribution in [1.29, 1.82) is 0 Å². The summed E-state index contributed by atoms with van der Waals surface area (Å²) >= 11 is 0.870. The molecular weight excluding hydrogens is 305 g/mol. The van der Waals surface area contributed by atoms with E-state index in [1.54, 1.807) is 0 Å². The zero-order chi connectivity index (χ0) is 15.4. The molecule has 5 atom stereocenters. The molecule has 8 heteroatoms. The number of rotatable bonds is 2. The molecule has 3 rings (SSSR count). The van der Waals surface area contributed by atoms with Gasteiger partial charge in [0.15, 0.2) is 5.17 Å². The highest BCUT2D eigenvalue weighted by atomic mass is 32.2. The van der Waals surface area contributed by atoms with Gasteiger partial charge in [-0.25, -0.2) is 0 Å². The predicted molar refractivity (Wildman–Crippen MR) is 72.9 cm³/mol. The van der Waals surface area contributed by atoms with Crippen LogP contribution in [0.25, 0.3) is 0 Å². The van der Waals surface area contributed by atoms with Gasteiger partial charge < -0.3 is 10.4 Å². The third-order valence-electron chi connectivity index (χ3n) is 4.64. The van der Waals surface area contributed by atoms with Crippen molar-refractivity contribution in [3.63, 3.8) is 0 Å². The molecule has 2 aliphatic carbocycles. The summed E-state index contributed by atoms with van der Waals surface area (Å²) in [6, 6.07) is 0.102. The second-order valence-electron chi connectivity index (χ2n) is 6.39. The lowest BCUT2D eigenvalue weighted by Gasteiger charge is -2.27. The maximum atomic E-state index is 12.6. The minimum atomic E-state index is -4.39. The van der Waals surface area contributed by atoms with Gasteiger partial charge in [0, 0.05) is 6.04 Å². The maximum Gasteiger partial charge on any atom is 0.390 e. The number of alkyl halides is 3. The van der Waals surface area contributed by atoms with Gasteiger partial charge in [-0.2, -0.15) is 18.2 Å². The Labute approximate surface area is 124 Å². The number of aliphatic imine (C=N–C) groups is 1. The number of amides is 1. The summed E-state index contributed by atoms with van der Waals surface area (Å²) in [5, 5.41) is 13.1. The SMILES string of the molecule is CC1(CC(F)(F)F)SC(N[C@H]2C[C@H]3C[C@@H]2C[C@@H]3O)=NC1=O. The molecule has 3 aliphatic rings. The van der Waals surface area contributed by atoms with E-state index in [-0.39, 0.29) is 18.1 Å². The van der Waals surface area contributed by atoms with Crippen molar-refractivity contribution < 1.29 is 23.1 Å². The zero-order valence-corrected chi connectivity index (χ0v) is 12.3. The molecule has 21 heavy (non-hydrogen) atoms. The van der Waals surface area contributed by atoms with Crippen LogP contribution in [0.5, 0.6) is 0 Å². The van der Waals surface area contributed by atoms with E-state index in [1.165, 1.54) is 6.92 Å². The van der Waals surface area contributed by atoms with Crippen LogP contribution in [0.4, 0.5) is 13.2 Å². The van der Waals surface area contributed by atoms with Gasteiger partial charge in [-0.3, -0.25) is 4.79 Å². The van der Waals surface area contributed by atoms with Gasteiger partial charge in [-0.05, 0) is 38.0 Å². The number of halogens is 3. The van der Waals surface area contributed by atoms with Crippen LogP contribution in [-0.2, 0) is 4.79 Å². The lowest BCUT2D eigenvalue weighted by atomic mass is 9.93. The molecule has 2 fully saturated rings. The Kier molecular flexibility index (Phi) is 3.52. The number of carbonyl (C=O) groups excluding carboxylic acids is 1. The van der Waals surface area contributed by atoms with Gasteiger partial charge >= 0.3 is 6.18 Å². The number of hydrogen-bond donors (Lipinski definition) is 2. The van der Waals surface area contributed by atoms with E-state index in [0.717, 1.165) is 24.6 Å². The number of aliphatic hydroxyl groups excluding tert-OH is 1. The fourth-order valence-electron chi connectivity index (χ4n) is 3.63. The molecule has 0 aromatic carbocycles. The van der Waals surface area contributed by atoms with Crippen molar-refractivity contribution in [3.05, 3.63) is 0 Å². The molecule has 1 aliphatic heterocycles. The van der Waals surface area contributed by atoms with E-state index < -0.39 is 23.3 Å². The standard InChI is InChI=1S/C13H17F3N2O2S/c1-12(5-13(14,15)16)10(20)18-11(21-12)17-8-3-7-2-6(8)4-9(7)19/h6-9,19H,2-5H2,1H3,(H,17,18,20)/t6-,7-,8+,9+,12?/m1/s1. The largest absolute Gasteiger partial charge is 0.393 e. The Morgan fingerprint density at radius 3 is 2.62 bits per heavy atom. The van der Waals surface area contributed by atoms with E-state index >= 15 is 0 Å². The number of amidine groups is 1. The zero-order valence-electron chi connectivity index (χ0n) is 11.5. The smallest absolute Gasteiger partial charge is 0.390 e. The lowest BCUT2D eigenvalue weighted by molar-refractivity contribution is -0.147. The number of hydrogen-bond acceptors (Lipinski definition) is 4. The molecular formula is C13H17F3N2O2S. The Bertz CT molecular complexity index is 494. The summed E-state index contributed by atoms with van der Waals surface area (Å²) in [5.74, 6) is -0.148. The summed E-state index contributed by atoms with van der Waals surface area (Å²) in [6.45, 7) is 1.29. The number of nitrogens with zero attached hydrogens (tertiary/aromatic N) is 1. The molecule has 2 bridgehead atoms. The molecule has 1 amide bonds. The van der Waals surface area contributed by atoms with Gasteiger partial charge in [-0.1, -0.05) is 11.8 Å². The number of fused-ring (bicyclic) bond motifs is 2. The summed E-state index contributed by atoms with van der Waals surface area (Å²) in [6.07, 6.45) is -3.39. The number of nitrogens with one attached hydrogen (secondary N) is 1. The number of thioether (sulfide) groups is 1. The van der Waals surface area contributed by atoms with Crippen LogP contribution in [0.15, 0.2) is 4.99 Å². The lowest BCUT2D eigenvalue weighted by Crippen LogP contribution is -2.40. The average Bonchev–Trinajstić information content (AvgIpc) is 2.91. The highest BCUT2D eigenvalue weighted by Crippen LogP contribution is 2.46. The monoisotopic (exact) mass is 322 g/mol. The third-order valence-corrected chi connectivity index (χ3v) is 5.82. The van der Waals surface area contributed by atoms with E-state index in [0.29, 0.717) is 17.5 Å². The highest BCUT2D eigenvalue weighted by Gasteiger charge is 2.51. The summed E-state index contributed by atoms with van der Waals surface area (Å²) in [7, 11) is 0. The molecule has 0 saturated heterocycles. The molecule has 2 N–H and O–H groups in total. The van der Waals surface area contributed by atoms with Gasteiger partial charge in [0.25, 0.3) is 5.91 Å². The Morgan fingerprint density at radius 1 is 1.38 bits per heavy atom. The first-order valence-electron chi connectivity index (χ1n) is 7.00. The number of carbonyl (C=O) groups is 1. The highest BCUT2D eigenvalue weighted by molar-refractivity contribution is 8.16. The minimum Gasteiger partial charge on any atom is -0.393 e. The first-order valence-corrected chi connectivity index (χ1v) is 7.81. The molecule has 4 nitrogen and oxygen atoms in total. The van der Waals surface area contributed by atoms with E-state index in [9.17, 15) is 23.1 Å². The topological polar surface area (TPSA) is 61.7 Å². The van der Waals surface area contributed by atoms with Gasteiger partial charge in [-0.15, -0.1) is 0 Å². The van der Waals surface area contributed by atoms with Crippen molar-refractivity contribution in [1.82, 2.24) is 5.32 Å². The maximum absolute atomic E-state index is 12.6. The second kappa shape index (κ2) is 4.87. The predicted octanol–water partition coefficient (Wildman–Crippen LogP) is 2.08. The molecule has 1 heterocycles. The molecule has 118 valence electrons. The van der Waals surface area contributed by atoms with Crippen LogP contribution < -0.4 is 5.32 Å². The minimum absolute atomic E-state index is 0.102. The first kappa shape index (κ1) is 15.1. The fourth-order valence-corrected chi connectivity index (χ4v) is 4.76. The average molecular weight is 322 g/mol. The number of aliphatic hydroxyl groups is 1. The van der Waals surface area contributed by atoms with E-state index in [2.05, 4.69) is 10.3 Å². The summed E-state index contributed by atoms with van der Waals surface area (Å²) in [5.41, 5.74) is 0. The fraction of sp³-hybridized carbons (Fsp3) is 0.846. The van der Waals surface area contributed by atoms with Gasteiger partial charge in [0.05, 0.1) is 12.5 Å². The quantitative estimate of drug-likeness (QED) is 0.817. The van der Waals surface area contributed by atoms with Crippen molar-refractivity contribution in [2.24, 2.45) is 16.8 Å². The molecule has 2 saturated carbocycles.